The fraction of sp³-hybridized carbons (Fsp3) is 0.692. The van der Waals surface area contributed by atoms with Crippen LogP contribution in [0.4, 0.5) is 0 Å². The highest BCUT2D eigenvalue weighted by Gasteiger charge is 2.23. The molecule has 2 heteroatoms. The summed E-state index contributed by atoms with van der Waals surface area (Å²) in [6, 6.07) is 10.3. The Morgan fingerprint density at radius 1 is 0.786 bits per heavy atom. The quantitative estimate of drug-likeness (QED) is 0.179. The minimum atomic E-state index is 0.409. The molecule has 1 aliphatic rings. The topological polar surface area (TPSA) is 38.5 Å². The van der Waals surface area contributed by atoms with E-state index in [1.807, 2.05) is 18.2 Å². The lowest BCUT2D eigenvalue weighted by atomic mass is 10.1. The van der Waals surface area contributed by atoms with Gasteiger partial charge in [0.15, 0.2) is 0 Å². The zero-order chi connectivity index (χ0) is 20.1. The first-order chi connectivity index (χ1) is 13.9. The molecule has 2 N–H and O–H groups in total. The number of epoxide rings is 1. The van der Waals surface area contributed by atoms with Crippen LogP contribution in [-0.2, 0) is 4.74 Å². The molecule has 1 aromatic rings. The SMILES string of the molecule is CCCCCCCC/C=C\CCCCCCCCN.c1ccc(C2CO2)cc1. The van der Waals surface area contributed by atoms with Gasteiger partial charge in [0.25, 0.3) is 0 Å². The van der Waals surface area contributed by atoms with E-state index in [9.17, 15) is 0 Å². The number of hydrogen-bond acceptors (Lipinski definition) is 2. The third-order valence-electron chi connectivity index (χ3n) is 5.22. The Hall–Kier alpha value is -1.12. The largest absolute Gasteiger partial charge is 0.368 e. The second kappa shape index (κ2) is 19.2. The van der Waals surface area contributed by atoms with Crippen LogP contribution in [0.2, 0.25) is 0 Å². The highest BCUT2D eigenvalue weighted by molar-refractivity contribution is 5.19. The monoisotopic (exact) mass is 387 g/mol. The Labute approximate surface area is 174 Å². The molecule has 0 saturated carbocycles. The smallest absolute Gasteiger partial charge is 0.106 e. The molecule has 0 aliphatic carbocycles. The minimum Gasteiger partial charge on any atom is -0.368 e. The van der Waals surface area contributed by atoms with E-state index in [0.29, 0.717) is 6.10 Å². The second-order valence-electron chi connectivity index (χ2n) is 7.96. The van der Waals surface area contributed by atoms with Crippen LogP contribution in [0.1, 0.15) is 108 Å². The molecule has 160 valence electrons. The molecule has 0 amide bonds. The summed E-state index contributed by atoms with van der Waals surface area (Å²) in [5.41, 5.74) is 6.78. The molecule has 1 heterocycles. The van der Waals surface area contributed by atoms with Crippen molar-refractivity contribution < 1.29 is 4.74 Å². The molecule has 1 aliphatic heterocycles. The van der Waals surface area contributed by atoms with Gasteiger partial charge >= 0.3 is 0 Å². The number of benzene rings is 1. The summed E-state index contributed by atoms with van der Waals surface area (Å²) in [5, 5.41) is 0. The maximum absolute atomic E-state index is 5.47. The van der Waals surface area contributed by atoms with Gasteiger partial charge in [-0.3, -0.25) is 0 Å². The van der Waals surface area contributed by atoms with Crippen LogP contribution < -0.4 is 5.73 Å². The summed E-state index contributed by atoms with van der Waals surface area (Å²) in [7, 11) is 0. The Bertz CT molecular complexity index is 453. The van der Waals surface area contributed by atoms with Crippen molar-refractivity contribution >= 4 is 0 Å². The molecule has 1 fully saturated rings. The molecule has 1 atom stereocenters. The van der Waals surface area contributed by atoms with Crippen LogP contribution in [-0.4, -0.2) is 13.2 Å². The molecule has 2 nitrogen and oxygen atoms in total. The van der Waals surface area contributed by atoms with E-state index in [-0.39, 0.29) is 0 Å². The molecule has 0 spiro atoms. The van der Waals surface area contributed by atoms with Crippen molar-refractivity contribution in [2.45, 2.75) is 103 Å². The molecule has 0 aromatic heterocycles. The van der Waals surface area contributed by atoms with Crippen LogP contribution in [0.5, 0.6) is 0 Å². The van der Waals surface area contributed by atoms with Crippen molar-refractivity contribution in [3.8, 4) is 0 Å². The average Bonchev–Trinajstić information content (AvgIpc) is 3.58. The van der Waals surface area contributed by atoms with Gasteiger partial charge in [-0.1, -0.05) is 107 Å². The van der Waals surface area contributed by atoms with E-state index in [4.69, 9.17) is 10.5 Å². The molecule has 0 bridgehead atoms. The van der Waals surface area contributed by atoms with E-state index in [0.717, 1.165) is 13.2 Å². The fourth-order valence-corrected chi connectivity index (χ4v) is 3.30. The van der Waals surface area contributed by atoms with E-state index in [1.165, 1.54) is 95.5 Å². The number of ether oxygens (including phenoxy) is 1. The van der Waals surface area contributed by atoms with Gasteiger partial charge in [-0.05, 0) is 44.2 Å². The normalized spacial score (nSPS) is 15.4. The number of rotatable bonds is 16. The van der Waals surface area contributed by atoms with E-state index >= 15 is 0 Å². The zero-order valence-corrected chi connectivity index (χ0v) is 18.4. The van der Waals surface area contributed by atoms with Gasteiger partial charge in [-0.25, -0.2) is 0 Å². The average molecular weight is 388 g/mol. The van der Waals surface area contributed by atoms with Crippen LogP contribution >= 0.6 is 0 Å². The molecule has 0 radical (unpaired) electrons. The third kappa shape index (κ3) is 15.9. The summed E-state index contributed by atoms with van der Waals surface area (Å²) in [6.45, 7) is 4.05. The van der Waals surface area contributed by atoms with Gasteiger partial charge in [0.2, 0.25) is 0 Å². The van der Waals surface area contributed by atoms with Crippen LogP contribution in [0.3, 0.4) is 0 Å². The molecule has 2 rings (SSSR count). The van der Waals surface area contributed by atoms with Crippen molar-refractivity contribution in [2.75, 3.05) is 13.2 Å². The van der Waals surface area contributed by atoms with Crippen LogP contribution in [0.15, 0.2) is 42.5 Å². The van der Waals surface area contributed by atoms with E-state index < -0.39 is 0 Å². The Morgan fingerprint density at radius 2 is 1.29 bits per heavy atom. The van der Waals surface area contributed by atoms with Crippen molar-refractivity contribution in [2.24, 2.45) is 5.73 Å². The predicted octanol–water partition coefficient (Wildman–Crippen LogP) is 7.74. The second-order valence-corrected chi connectivity index (χ2v) is 7.96. The van der Waals surface area contributed by atoms with Crippen molar-refractivity contribution in [1.82, 2.24) is 0 Å². The van der Waals surface area contributed by atoms with Gasteiger partial charge < -0.3 is 10.5 Å². The summed E-state index contributed by atoms with van der Waals surface area (Å²) in [5.74, 6) is 0. The van der Waals surface area contributed by atoms with Crippen molar-refractivity contribution in [3.05, 3.63) is 48.0 Å². The van der Waals surface area contributed by atoms with Gasteiger partial charge in [-0.15, -0.1) is 0 Å². The molecular formula is C26H45NO. The maximum Gasteiger partial charge on any atom is 0.106 e. The van der Waals surface area contributed by atoms with Gasteiger partial charge in [0.1, 0.15) is 6.10 Å². The summed E-state index contributed by atoms with van der Waals surface area (Å²) >= 11 is 0. The number of unbranched alkanes of at least 4 members (excludes halogenated alkanes) is 12. The number of nitrogens with two attached hydrogens (primary N) is 1. The fourth-order valence-electron chi connectivity index (χ4n) is 3.30. The predicted molar refractivity (Wildman–Crippen MR) is 124 cm³/mol. The summed E-state index contributed by atoms with van der Waals surface area (Å²) in [4.78, 5) is 0. The highest BCUT2D eigenvalue weighted by Crippen LogP contribution is 2.28. The Balaban J connectivity index is 0.000000354. The molecule has 1 aromatic carbocycles. The lowest BCUT2D eigenvalue weighted by molar-refractivity contribution is 0.415. The molecule has 1 saturated heterocycles. The van der Waals surface area contributed by atoms with Crippen LogP contribution in [0.25, 0.3) is 0 Å². The van der Waals surface area contributed by atoms with Gasteiger partial charge in [0.05, 0.1) is 6.61 Å². The van der Waals surface area contributed by atoms with Crippen molar-refractivity contribution in [3.63, 3.8) is 0 Å². The highest BCUT2D eigenvalue weighted by atomic mass is 16.6. The van der Waals surface area contributed by atoms with E-state index in [1.54, 1.807) is 0 Å². The van der Waals surface area contributed by atoms with Gasteiger partial charge in [0, 0.05) is 0 Å². The standard InChI is InChI=1S/C18H37N.C8H8O/c1-2-3-4-5-6-7-8-9-10-11-12-13-14-15-16-17-18-19;1-2-4-7(5-3-1)8-6-9-8/h9-10H,2-8,11-19H2,1H3;1-5,8H,6H2/b10-9-;. The lowest BCUT2D eigenvalue weighted by Gasteiger charge is -1.99. The minimum absolute atomic E-state index is 0.409. The summed E-state index contributed by atoms with van der Waals surface area (Å²) in [6.07, 6.45) is 24.3. The first-order valence-electron chi connectivity index (χ1n) is 11.9. The lowest BCUT2D eigenvalue weighted by Crippen LogP contribution is -1.97. The van der Waals surface area contributed by atoms with E-state index in [2.05, 4.69) is 31.2 Å². The molecule has 28 heavy (non-hydrogen) atoms. The number of allylic oxidation sites excluding steroid dienone is 2. The Morgan fingerprint density at radius 3 is 1.79 bits per heavy atom. The third-order valence-corrected chi connectivity index (χ3v) is 5.22. The molecule has 1 unspecified atom stereocenters. The first-order valence-corrected chi connectivity index (χ1v) is 11.9. The molecular weight excluding hydrogens is 342 g/mol. The zero-order valence-electron chi connectivity index (χ0n) is 18.4. The Kier molecular flexibility index (Phi) is 17.1. The van der Waals surface area contributed by atoms with Crippen molar-refractivity contribution in [1.29, 1.82) is 0 Å². The van der Waals surface area contributed by atoms with Gasteiger partial charge in [-0.2, -0.15) is 0 Å². The first kappa shape index (κ1) is 24.9. The van der Waals surface area contributed by atoms with Crippen LogP contribution in [0, 0.1) is 0 Å². The number of hydrogen-bond donors (Lipinski definition) is 1. The maximum atomic E-state index is 5.47. The summed E-state index contributed by atoms with van der Waals surface area (Å²) < 4.78 is 5.09.